The largest absolute Gasteiger partial charge is 0.328 e. The highest BCUT2D eigenvalue weighted by Gasteiger charge is 2.19. The molecule has 1 fully saturated rings. The number of aryl methyl sites for hydroxylation is 1. The molecule has 0 aliphatic carbocycles. The van der Waals surface area contributed by atoms with Gasteiger partial charge in [0, 0.05) is 56.4 Å². The summed E-state index contributed by atoms with van der Waals surface area (Å²) in [5, 5.41) is 12.1. The molecule has 2 N–H and O–H groups in total. The molecule has 9 heteroatoms. The molecule has 0 radical (unpaired) electrons. The van der Waals surface area contributed by atoms with E-state index in [1.54, 1.807) is 6.20 Å². The molecule has 1 unspecified atom stereocenters. The number of hydrogen-bond acceptors (Lipinski definition) is 7. The van der Waals surface area contributed by atoms with E-state index in [0.29, 0.717) is 5.92 Å². The van der Waals surface area contributed by atoms with Crippen LogP contribution in [-0.4, -0.2) is 41.6 Å². The molecule has 0 amide bonds. The van der Waals surface area contributed by atoms with Crippen LogP contribution in [0.15, 0.2) is 37.1 Å². The van der Waals surface area contributed by atoms with Gasteiger partial charge >= 0.3 is 0 Å². The Labute approximate surface area is 166 Å². The van der Waals surface area contributed by atoms with Crippen molar-refractivity contribution in [2.24, 2.45) is 7.05 Å². The minimum absolute atomic E-state index is 0.502. The van der Waals surface area contributed by atoms with E-state index < -0.39 is 0 Å². The molecule has 5 rings (SSSR count). The van der Waals surface area contributed by atoms with E-state index in [1.807, 2.05) is 36.5 Å². The van der Waals surface area contributed by atoms with Crippen LogP contribution >= 0.6 is 11.5 Å². The van der Waals surface area contributed by atoms with E-state index in [1.165, 1.54) is 24.4 Å². The summed E-state index contributed by atoms with van der Waals surface area (Å²) in [6.45, 7) is 2.12. The van der Waals surface area contributed by atoms with Gasteiger partial charge in [0.2, 0.25) is 0 Å². The lowest BCUT2D eigenvalue weighted by Gasteiger charge is -2.20. The van der Waals surface area contributed by atoms with Crippen molar-refractivity contribution in [3.05, 3.63) is 54.0 Å². The zero-order chi connectivity index (χ0) is 18.9. The smallest absolute Gasteiger partial charge is 0.180 e. The Morgan fingerprint density at radius 2 is 2.29 bits per heavy atom. The summed E-state index contributed by atoms with van der Waals surface area (Å²) in [6.07, 6.45) is 12.7. The van der Waals surface area contributed by atoms with Crippen molar-refractivity contribution >= 4 is 28.0 Å². The fourth-order valence-electron chi connectivity index (χ4n) is 3.72. The van der Waals surface area contributed by atoms with Gasteiger partial charge in [0.05, 0.1) is 11.9 Å². The Morgan fingerprint density at radius 1 is 1.32 bits per heavy atom. The number of piperidine rings is 1. The zero-order valence-electron chi connectivity index (χ0n) is 15.7. The van der Waals surface area contributed by atoms with Gasteiger partial charge in [-0.05, 0) is 42.5 Å². The lowest BCUT2D eigenvalue weighted by atomic mass is 9.96. The molecule has 1 aliphatic heterocycles. The minimum atomic E-state index is 0.502. The summed E-state index contributed by atoms with van der Waals surface area (Å²) >= 11 is 1.48. The highest BCUT2D eigenvalue weighted by Crippen LogP contribution is 2.29. The quantitative estimate of drug-likeness (QED) is 0.541. The number of hydrogen-bond donors (Lipinski definition) is 2. The van der Waals surface area contributed by atoms with E-state index in [9.17, 15) is 0 Å². The monoisotopic (exact) mass is 394 g/mol. The van der Waals surface area contributed by atoms with E-state index in [4.69, 9.17) is 0 Å². The highest BCUT2D eigenvalue weighted by atomic mass is 32.1. The van der Waals surface area contributed by atoms with Crippen LogP contribution in [0.25, 0.3) is 5.65 Å². The van der Waals surface area contributed by atoms with Gasteiger partial charge in [-0.25, -0.2) is 9.97 Å². The minimum Gasteiger partial charge on any atom is -0.328 e. The van der Waals surface area contributed by atoms with Gasteiger partial charge in [-0.2, -0.15) is 9.47 Å². The maximum Gasteiger partial charge on any atom is 0.180 e. The van der Waals surface area contributed by atoms with Gasteiger partial charge in [-0.1, -0.05) is 0 Å². The zero-order valence-corrected chi connectivity index (χ0v) is 16.5. The molecule has 4 aromatic heterocycles. The Kier molecular flexibility index (Phi) is 4.53. The predicted octanol–water partition coefficient (Wildman–Crippen LogP) is 2.72. The molecule has 0 bridgehead atoms. The molecule has 1 atom stereocenters. The third-order valence-corrected chi connectivity index (χ3v) is 5.85. The van der Waals surface area contributed by atoms with Gasteiger partial charge in [0.1, 0.15) is 5.00 Å². The van der Waals surface area contributed by atoms with Crippen LogP contribution < -0.4 is 10.6 Å². The summed E-state index contributed by atoms with van der Waals surface area (Å²) in [6, 6.07) is 2.15. The summed E-state index contributed by atoms with van der Waals surface area (Å²) in [4.78, 5) is 9.10. The number of imidazole rings is 1. The molecular weight excluding hydrogens is 372 g/mol. The molecule has 0 aromatic carbocycles. The number of fused-ring (bicyclic) bond motifs is 1. The Hall–Kier alpha value is -2.78. The number of aromatic nitrogens is 6. The second-order valence-electron chi connectivity index (χ2n) is 7.20. The lowest BCUT2D eigenvalue weighted by Crippen LogP contribution is -2.28. The normalized spacial score (nSPS) is 17.2. The van der Waals surface area contributed by atoms with Crippen molar-refractivity contribution in [1.29, 1.82) is 0 Å². The Balaban J connectivity index is 1.38. The standard InChI is InChI=1S/C19H22N8S/c1-26-12-13(9-23-26)7-15-11-22-19-18(21-5-6-27(15)19)24-17-8-16(25-28-17)14-3-2-4-20-10-14/h5-6,8-9,11-12,14,20H,2-4,7,10H2,1H3,(H,21,24). The average Bonchev–Trinajstić information content (AvgIpc) is 3.44. The molecule has 0 saturated carbocycles. The average molecular weight is 395 g/mol. The summed E-state index contributed by atoms with van der Waals surface area (Å²) in [5.41, 5.74) is 4.23. The molecule has 0 spiro atoms. The van der Waals surface area contributed by atoms with Gasteiger partial charge in [0.15, 0.2) is 11.5 Å². The van der Waals surface area contributed by atoms with Gasteiger partial charge < -0.3 is 10.6 Å². The first-order chi connectivity index (χ1) is 13.8. The van der Waals surface area contributed by atoms with Crippen molar-refractivity contribution in [3.8, 4) is 0 Å². The van der Waals surface area contributed by atoms with Crippen LogP contribution in [0.4, 0.5) is 10.8 Å². The lowest BCUT2D eigenvalue weighted by molar-refractivity contribution is 0.457. The van der Waals surface area contributed by atoms with Gasteiger partial charge in [-0.3, -0.25) is 9.08 Å². The molecule has 5 heterocycles. The summed E-state index contributed by atoms with van der Waals surface area (Å²) < 4.78 is 8.55. The van der Waals surface area contributed by atoms with Crippen LogP contribution in [0, 0.1) is 0 Å². The molecule has 4 aromatic rings. The second kappa shape index (κ2) is 7.33. The number of nitrogens with one attached hydrogen (secondary N) is 2. The topological polar surface area (TPSA) is 85.0 Å². The molecule has 28 heavy (non-hydrogen) atoms. The van der Waals surface area contributed by atoms with Crippen molar-refractivity contribution in [2.75, 3.05) is 18.4 Å². The molecule has 1 aliphatic rings. The van der Waals surface area contributed by atoms with Crippen LogP contribution in [0.2, 0.25) is 0 Å². The van der Waals surface area contributed by atoms with E-state index in [-0.39, 0.29) is 0 Å². The third-order valence-electron chi connectivity index (χ3n) is 5.13. The first-order valence-electron chi connectivity index (χ1n) is 9.49. The first kappa shape index (κ1) is 17.3. The first-order valence-corrected chi connectivity index (χ1v) is 10.3. The van der Waals surface area contributed by atoms with Gasteiger partial charge in [-0.15, -0.1) is 0 Å². The van der Waals surface area contributed by atoms with Crippen molar-refractivity contribution in [1.82, 2.24) is 33.8 Å². The van der Waals surface area contributed by atoms with E-state index in [0.717, 1.165) is 52.9 Å². The third kappa shape index (κ3) is 3.38. The number of rotatable bonds is 5. The molecule has 8 nitrogen and oxygen atoms in total. The highest BCUT2D eigenvalue weighted by molar-refractivity contribution is 7.10. The fourth-order valence-corrected chi connectivity index (χ4v) is 4.44. The van der Waals surface area contributed by atoms with E-state index >= 15 is 0 Å². The number of anilines is 2. The van der Waals surface area contributed by atoms with Crippen LogP contribution in [-0.2, 0) is 13.5 Å². The molecular formula is C19H22N8S. The van der Waals surface area contributed by atoms with Crippen molar-refractivity contribution < 1.29 is 0 Å². The van der Waals surface area contributed by atoms with Crippen LogP contribution in [0.5, 0.6) is 0 Å². The summed E-state index contributed by atoms with van der Waals surface area (Å²) in [7, 11) is 1.93. The summed E-state index contributed by atoms with van der Waals surface area (Å²) in [5.74, 6) is 1.25. The maximum absolute atomic E-state index is 4.65. The Morgan fingerprint density at radius 3 is 3.11 bits per heavy atom. The predicted molar refractivity (Wildman–Crippen MR) is 109 cm³/mol. The van der Waals surface area contributed by atoms with Crippen LogP contribution in [0.3, 0.4) is 0 Å². The second-order valence-corrected chi connectivity index (χ2v) is 8.01. The number of nitrogens with zero attached hydrogens (tertiary/aromatic N) is 6. The Bertz CT molecular complexity index is 1090. The van der Waals surface area contributed by atoms with Gasteiger partial charge in [0.25, 0.3) is 0 Å². The molecule has 1 saturated heterocycles. The SMILES string of the molecule is Cn1cc(Cc2cnc3c(Nc4cc(C5CCCNC5)ns4)nccn23)cn1. The van der Waals surface area contributed by atoms with Crippen molar-refractivity contribution in [3.63, 3.8) is 0 Å². The van der Waals surface area contributed by atoms with Crippen molar-refractivity contribution in [2.45, 2.75) is 25.2 Å². The molecule has 144 valence electrons. The fraction of sp³-hybridized carbons (Fsp3) is 0.368. The van der Waals surface area contributed by atoms with E-state index in [2.05, 4.69) is 40.5 Å². The maximum atomic E-state index is 4.65. The van der Waals surface area contributed by atoms with Crippen LogP contribution in [0.1, 0.15) is 35.7 Å².